The number of para-hydroxylation sites is 1. The summed E-state index contributed by atoms with van der Waals surface area (Å²) >= 11 is 0. The standard InChI is InChI=1S/C21H26N4O2/c1-23-14-18(17-8-11-22-19(17)21(23)27)20(26)24(2)15-9-12-25(13-10-15)16-6-4-3-5-7-16/h3-8,11,14-15,20,22,26H,9-10,12-13H2,1-2H3. The molecular formula is C21H26N4O2. The fourth-order valence-electron chi connectivity index (χ4n) is 4.10. The molecule has 3 aromatic rings. The van der Waals surface area contributed by atoms with E-state index < -0.39 is 6.23 Å². The largest absolute Gasteiger partial charge is 0.374 e. The number of piperidine rings is 1. The molecule has 142 valence electrons. The van der Waals surface area contributed by atoms with Crippen LogP contribution in [0.15, 0.2) is 53.6 Å². The summed E-state index contributed by atoms with van der Waals surface area (Å²) in [6.07, 6.45) is 4.73. The lowest BCUT2D eigenvalue weighted by Crippen LogP contribution is -2.44. The average Bonchev–Trinajstić information content (AvgIpc) is 3.20. The number of hydrogen-bond donors (Lipinski definition) is 2. The number of aryl methyl sites for hydroxylation is 1. The van der Waals surface area contributed by atoms with Crippen LogP contribution in [-0.2, 0) is 7.05 Å². The highest BCUT2D eigenvalue weighted by Crippen LogP contribution is 2.29. The van der Waals surface area contributed by atoms with Gasteiger partial charge >= 0.3 is 0 Å². The first-order chi connectivity index (χ1) is 13.1. The lowest BCUT2D eigenvalue weighted by molar-refractivity contribution is -0.0137. The van der Waals surface area contributed by atoms with Crippen LogP contribution in [0.25, 0.3) is 10.9 Å². The predicted molar refractivity (Wildman–Crippen MR) is 108 cm³/mol. The molecule has 1 atom stereocenters. The number of aliphatic hydroxyl groups excluding tert-OH is 1. The highest BCUT2D eigenvalue weighted by atomic mass is 16.3. The molecule has 4 rings (SSSR count). The number of aliphatic hydroxyl groups is 1. The van der Waals surface area contributed by atoms with Crippen molar-refractivity contribution in [2.45, 2.75) is 25.1 Å². The van der Waals surface area contributed by atoms with Gasteiger partial charge in [0.05, 0.1) is 0 Å². The van der Waals surface area contributed by atoms with Crippen LogP contribution in [-0.4, -0.2) is 45.7 Å². The van der Waals surface area contributed by atoms with Gasteiger partial charge in [-0.2, -0.15) is 0 Å². The van der Waals surface area contributed by atoms with Crippen molar-refractivity contribution in [3.05, 3.63) is 64.7 Å². The number of hydrogen-bond acceptors (Lipinski definition) is 4. The number of nitrogens with zero attached hydrogens (tertiary/aromatic N) is 3. The van der Waals surface area contributed by atoms with Gasteiger partial charge in [0.2, 0.25) is 0 Å². The Balaban J connectivity index is 1.51. The maximum Gasteiger partial charge on any atom is 0.274 e. The number of nitrogens with one attached hydrogen (secondary N) is 1. The van der Waals surface area contributed by atoms with Crippen molar-refractivity contribution in [3.8, 4) is 0 Å². The van der Waals surface area contributed by atoms with E-state index in [1.165, 1.54) is 10.3 Å². The van der Waals surface area contributed by atoms with Crippen molar-refractivity contribution in [2.24, 2.45) is 7.05 Å². The van der Waals surface area contributed by atoms with Gasteiger partial charge in [-0.15, -0.1) is 0 Å². The van der Waals surface area contributed by atoms with Gasteiger partial charge in [-0.3, -0.25) is 9.69 Å². The molecule has 0 saturated carbocycles. The molecule has 0 bridgehead atoms. The molecule has 1 fully saturated rings. The summed E-state index contributed by atoms with van der Waals surface area (Å²) < 4.78 is 1.53. The average molecular weight is 366 g/mol. The van der Waals surface area contributed by atoms with Crippen LogP contribution in [0.4, 0.5) is 5.69 Å². The van der Waals surface area contributed by atoms with Crippen molar-refractivity contribution in [2.75, 3.05) is 25.0 Å². The quantitative estimate of drug-likeness (QED) is 0.696. The van der Waals surface area contributed by atoms with Crippen LogP contribution in [0.1, 0.15) is 24.6 Å². The Labute approximate surface area is 158 Å². The Bertz CT molecular complexity index is 971. The number of H-pyrrole nitrogens is 1. The van der Waals surface area contributed by atoms with Gasteiger partial charge in [-0.25, -0.2) is 0 Å². The molecule has 0 spiro atoms. The second kappa shape index (κ2) is 7.21. The number of pyridine rings is 1. The highest BCUT2D eigenvalue weighted by Gasteiger charge is 2.28. The Morgan fingerprint density at radius 1 is 1.19 bits per heavy atom. The van der Waals surface area contributed by atoms with E-state index in [0.717, 1.165) is 36.9 Å². The van der Waals surface area contributed by atoms with Crippen LogP contribution < -0.4 is 10.5 Å². The van der Waals surface area contributed by atoms with Gasteiger partial charge in [0.15, 0.2) is 0 Å². The minimum Gasteiger partial charge on any atom is -0.374 e. The van der Waals surface area contributed by atoms with Crippen molar-refractivity contribution in [1.82, 2.24) is 14.5 Å². The molecule has 6 nitrogen and oxygen atoms in total. The normalized spacial score (nSPS) is 17.0. The van der Waals surface area contributed by atoms with Crippen molar-refractivity contribution < 1.29 is 5.11 Å². The SMILES string of the molecule is CN(C1CCN(c2ccccc2)CC1)C(O)c1cn(C)c(=O)c2[nH]ccc12. The van der Waals surface area contributed by atoms with E-state index in [1.54, 1.807) is 19.4 Å². The smallest absolute Gasteiger partial charge is 0.274 e. The Hall–Kier alpha value is -2.57. The zero-order valence-corrected chi connectivity index (χ0v) is 15.8. The van der Waals surface area contributed by atoms with Crippen LogP contribution in [0.5, 0.6) is 0 Å². The molecule has 0 aliphatic carbocycles. The molecule has 1 aliphatic heterocycles. The summed E-state index contributed by atoms with van der Waals surface area (Å²) in [7, 11) is 3.69. The third-order valence-electron chi connectivity index (χ3n) is 5.75. The molecule has 1 unspecified atom stereocenters. The van der Waals surface area contributed by atoms with Crippen LogP contribution in [0.3, 0.4) is 0 Å². The number of benzene rings is 1. The van der Waals surface area contributed by atoms with E-state index >= 15 is 0 Å². The second-order valence-corrected chi connectivity index (χ2v) is 7.36. The van der Waals surface area contributed by atoms with Gasteiger partial charge in [-0.1, -0.05) is 18.2 Å². The Kier molecular flexibility index (Phi) is 4.76. The Morgan fingerprint density at radius 3 is 2.59 bits per heavy atom. The first-order valence-electron chi connectivity index (χ1n) is 9.43. The summed E-state index contributed by atoms with van der Waals surface area (Å²) in [6, 6.07) is 12.6. The molecule has 2 aromatic heterocycles. The number of aromatic nitrogens is 2. The lowest BCUT2D eigenvalue weighted by Gasteiger charge is -2.39. The fraction of sp³-hybridized carbons (Fsp3) is 0.381. The van der Waals surface area contributed by atoms with Gasteiger partial charge in [0, 0.05) is 55.2 Å². The zero-order chi connectivity index (χ0) is 19.0. The number of fused-ring (bicyclic) bond motifs is 1. The predicted octanol–water partition coefficient (Wildman–Crippen LogP) is 2.46. The first-order valence-corrected chi connectivity index (χ1v) is 9.43. The van der Waals surface area contributed by atoms with E-state index in [9.17, 15) is 9.90 Å². The monoisotopic (exact) mass is 366 g/mol. The minimum absolute atomic E-state index is 0.0789. The number of aromatic amines is 1. The molecule has 2 N–H and O–H groups in total. The molecule has 0 amide bonds. The highest BCUT2D eigenvalue weighted by molar-refractivity contribution is 5.82. The topological polar surface area (TPSA) is 64.5 Å². The van der Waals surface area contributed by atoms with Crippen molar-refractivity contribution >= 4 is 16.6 Å². The van der Waals surface area contributed by atoms with Gasteiger partial charge in [0.1, 0.15) is 11.7 Å². The molecule has 1 aliphatic rings. The van der Waals surface area contributed by atoms with Crippen LogP contribution >= 0.6 is 0 Å². The number of anilines is 1. The summed E-state index contributed by atoms with van der Waals surface area (Å²) in [5.41, 5.74) is 2.48. The summed E-state index contributed by atoms with van der Waals surface area (Å²) in [6.45, 7) is 1.94. The Morgan fingerprint density at radius 2 is 1.89 bits per heavy atom. The molecule has 6 heteroatoms. The van der Waals surface area contributed by atoms with Gasteiger partial charge in [-0.05, 0) is 38.1 Å². The lowest BCUT2D eigenvalue weighted by atomic mass is 10.0. The summed E-state index contributed by atoms with van der Waals surface area (Å²) in [5.74, 6) is 0. The molecule has 3 heterocycles. The van der Waals surface area contributed by atoms with Crippen LogP contribution in [0.2, 0.25) is 0 Å². The van der Waals surface area contributed by atoms with Crippen molar-refractivity contribution in [1.29, 1.82) is 0 Å². The van der Waals surface area contributed by atoms with E-state index in [1.807, 2.05) is 24.1 Å². The maximum absolute atomic E-state index is 12.2. The van der Waals surface area contributed by atoms with E-state index in [0.29, 0.717) is 11.6 Å². The minimum atomic E-state index is -0.747. The second-order valence-electron chi connectivity index (χ2n) is 7.36. The zero-order valence-electron chi connectivity index (χ0n) is 15.8. The molecule has 0 radical (unpaired) electrons. The first kappa shape index (κ1) is 17.8. The maximum atomic E-state index is 12.2. The third kappa shape index (κ3) is 3.26. The molecule has 1 saturated heterocycles. The summed E-state index contributed by atoms with van der Waals surface area (Å²) in [4.78, 5) is 19.7. The van der Waals surface area contributed by atoms with E-state index in [2.05, 4.69) is 34.1 Å². The van der Waals surface area contributed by atoms with Crippen molar-refractivity contribution in [3.63, 3.8) is 0 Å². The van der Waals surface area contributed by atoms with Crippen LogP contribution in [0, 0.1) is 0 Å². The third-order valence-corrected chi connectivity index (χ3v) is 5.75. The molecule has 1 aromatic carbocycles. The van der Waals surface area contributed by atoms with E-state index in [-0.39, 0.29) is 5.56 Å². The fourth-order valence-corrected chi connectivity index (χ4v) is 4.10. The molecule has 27 heavy (non-hydrogen) atoms. The molecular weight excluding hydrogens is 340 g/mol. The van der Waals surface area contributed by atoms with E-state index in [4.69, 9.17) is 0 Å². The number of rotatable bonds is 4. The van der Waals surface area contributed by atoms with Gasteiger partial charge < -0.3 is 19.6 Å². The van der Waals surface area contributed by atoms with Gasteiger partial charge in [0.25, 0.3) is 5.56 Å². The summed E-state index contributed by atoms with van der Waals surface area (Å²) in [5, 5.41) is 11.8.